The van der Waals surface area contributed by atoms with Crippen LogP contribution >= 0.6 is 0 Å². The average molecular weight is 250 g/mol. The number of nitrogens with one attached hydrogen (secondary N) is 1. The van der Waals surface area contributed by atoms with Crippen molar-refractivity contribution in [3.8, 4) is 0 Å². The van der Waals surface area contributed by atoms with Gasteiger partial charge in [-0.15, -0.1) is 0 Å². The van der Waals surface area contributed by atoms with Gasteiger partial charge in [0, 0.05) is 19.0 Å². The first-order valence-corrected chi connectivity index (χ1v) is 6.77. The van der Waals surface area contributed by atoms with Gasteiger partial charge in [0.2, 0.25) is 0 Å². The van der Waals surface area contributed by atoms with Gasteiger partial charge in [-0.25, -0.2) is 9.67 Å². The molecule has 1 atom stereocenters. The SMILES string of the molecule is CC(C)Cn1ncnc1CC(=O)C1CCCNC1. The molecule has 18 heavy (non-hydrogen) atoms. The molecular weight excluding hydrogens is 228 g/mol. The molecule has 1 N–H and O–H groups in total. The largest absolute Gasteiger partial charge is 0.316 e. The second-order valence-corrected chi connectivity index (χ2v) is 5.44. The summed E-state index contributed by atoms with van der Waals surface area (Å²) in [5, 5.41) is 7.47. The molecular formula is C13H22N4O. The first-order valence-electron chi connectivity index (χ1n) is 6.77. The van der Waals surface area contributed by atoms with Crippen LogP contribution in [0.1, 0.15) is 32.5 Å². The molecule has 5 nitrogen and oxygen atoms in total. The first-order chi connectivity index (χ1) is 8.66. The summed E-state index contributed by atoms with van der Waals surface area (Å²) < 4.78 is 1.86. The maximum absolute atomic E-state index is 12.2. The molecule has 1 saturated heterocycles. The smallest absolute Gasteiger partial charge is 0.144 e. The fourth-order valence-electron chi connectivity index (χ4n) is 2.35. The van der Waals surface area contributed by atoms with Gasteiger partial charge in [0.25, 0.3) is 0 Å². The molecule has 0 saturated carbocycles. The zero-order valence-corrected chi connectivity index (χ0v) is 11.2. The van der Waals surface area contributed by atoms with Crippen molar-refractivity contribution in [2.24, 2.45) is 11.8 Å². The van der Waals surface area contributed by atoms with E-state index < -0.39 is 0 Å². The van der Waals surface area contributed by atoms with Crippen LogP contribution in [-0.4, -0.2) is 33.6 Å². The molecule has 0 radical (unpaired) electrons. The van der Waals surface area contributed by atoms with E-state index in [9.17, 15) is 4.79 Å². The minimum Gasteiger partial charge on any atom is -0.316 e. The molecule has 0 aliphatic carbocycles. The normalized spacial score (nSPS) is 20.3. The van der Waals surface area contributed by atoms with Crippen LogP contribution in [0.25, 0.3) is 0 Å². The van der Waals surface area contributed by atoms with Crippen molar-refractivity contribution >= 4 is 5.78 Å². The minimum atomic E-state index is 0.156. The van der Waals surface area contributed by atoms with E-state index in [2.05, 4.69) is 29.2 Å². The highest BCUT2D eigenvalue weighted by Gasteiger charge is 2.22. The Balaban J connectivity index is 1.95. The van der Waals surface area contributed by atoms with Gasteiger partial charge in [-0.1, -0.05) is 13.8 Å². The van der Waals surface area contributed by atoms with Crippen molar-refractivity contribution in [1.29, 1.82) is 0 Å². The number of carbonyl (C=O) groups is 1. The predicted molar refractivity (Wildman–Crippen MR) is 69.2 cm³/mol. The molecule has 100 valence electrons. The number of hydrogen-bond donors (Lipinski definition) is 1. The fourth-order valence-corrected chi connectivity index (χ4v) is 2.35. The van der Waals surface area contributed by atoms with Gasteiger partial charge in [0.1, 0.15) is 17.9 Å². The van der Waals surface area contributed by atoms with Gasteiger partial charge >= 0.3 is 0 Å². The highest BCUT2D eigenvalue weighted by Crippen LogP contribution is 2.13. The fraction of sp³-hybridized carbons (Fsp3) is 0.769. The zero-order chi connectivity index (χ0) is 13.0. The minimum absolute atomic E-state index is 0.156. The number of aromatic nitrogens is 3. The van der Waals surface area contributed by atoms with Gasteiger partial charge < -0.3 is 5.32 Å². The van der Waals surface area contributed by atoms with Gasteiger partial charge in [-0.3, -0.25) is 4.79 Å². The molecule has 1 fully saturated rings. The second-order valence-electron chi connectivity index (χ2n) is 5.44. The van der Waals surface area contributed by atoms with E-state index in [-0.39, 0.29) is 5.92 Å². The van der Waals surface area contributed by atoms with Crippen molar-refractivity contribution in [2.45, 2.75) is 39.7 Å². The van der Waals surface area contributed by atoms with E-state index in [0.717, 1.165) is 38.3 Å². The van der Waals surface area contributed by atoms with Gasteiger partial charge in [-0.05, 0) is 25.3 Å². The molecule has 1 aliphatic rings. The Labute approximate surface area is 108 Å². The third-order valence-corrected chi connectivity index (χ3v) is 3.32. The Bertz CT molecular complexity index is 393. The van der Waals surface area contributed by atoms with E-state index in [4.69, 9.17) is 0 Å². The van der Waals surface area contributed by atoms with Gasteiger partial charge in [0.05, 0.1) is 6.42 Å². The summed E-state index contributed by atoms with van der Waals surface area (Å²) in [4.78, 5) is 16.4. The van der Waals surface area contributed by atoms with Crippen molar-refractivity contribution in [1.82, 2.24) is 20.1 Å². The summed E-state index contributed by atoms with van der Waals surface area (Å²) in [6.07, 6.45) is 4.06. The standard InChI is InChI=1S/C13H22N4O/c1-10(2)8-17-13(15-9-16-17)6-12(18)11-4-3-5-14-7-11/h9-11,14H,3-8H2,1-2H3. The quantitative estimate of drug-likeness (QED) is 0.848. The number of hydrogen-bond acceptors (Lipinski definition) is 4. The number of Topliss-reactive ketones (excluding diaryl/α,β-unsaturated/α-hetero) is 1. The summed E-state index contributed by atoms with van der Waals surface area (Å²) in [6, 6.07) is 0. The van der Waals surface area contributed by atoms with Crippen LogP contribution < -0.4 is 5.32 Å². The maximum atomic E-state index is 12.2. The Morgan fingerprint density at radius 1 is 1.61 bits per heavy atom. The van der Waals surface area contributed by atoms with Crippen molar-refractivity contribution < 1.29 is 4.79 Å². The molecule has 0 amide bonds. The summed E-state index contributed by atoms with van der Waals surface area (Å²) in [6.45, 7) is 6.95. The average Bonchev–Trinajstić information content (AvgIpc) is 2.77. The van der Waals surface area contributed by atoms with Crippen molar-refractivity contribution in [3.05, 3.63) is 12.2 Å². The topological polar surface area (TPSA) is 59.8 Å². The summed E-state index contributed by atoms with van der Waals surface area (Å²) in [5.74, 6) is 1.76. The Morgan fingerprint density at radius 2 is 2.44 bits per heavy atom. The molecule has 1 unspecified atom stereocenters. The summed E-state index contributed by atoms with van der Waals surface area (Å²) >= 11 is 0. The third-order valence-electron chi connectivity index (χ3n) is 3.32. The lowest BCUT2D eigenvalue weighted by Crippen LogP contribution is -2.35. The predicted octanol–water partition coefficient (Wildman–Crippen LogP) is 1.05. The molecule has 2 rings (SSSR count). The lowest BCUT2D eigenvalue weighted by molar-refractivity contribution is -0.122. The monoisotopic (exact) mass is 250 g/mol. The van der Waals surface area contributed by atoms with E-state index in [1.54, 1.807) is 6.33 Å². The van der Waals surface area contributed by atoms with Gasteiger partial charge in [0.15, 0.2) is 0 Å². The third kappa shape index (κ3) is 3.38. The first kappa shape index (κ1) is 13.2. The molecule has 5 heteroatoms. The second kappa shape index (κ2) is 6.09. The van der Waals surface area contributed by atoms with Crippen molar-refractivity contribution in [3.63, 3.8) is 0 Å². The van der Waals surface area contributed by atoms with Crippen LogP contribution in [-0.2, 0) is 17.8 Å². The van der Waals surface area contributed by atoms with E-state index in [0.29, 0.717) is 18.1 Å². The number of rotatable bonds is 5. The van der Waals surface area contributed by atoms with Gasteiger partial charge in [-0.2, -0.15) is 5.10 Å². The maximum Gasteiger partial charge on any atom is 0.144 e. The Hall–Kier alpha value is -1.23. The van der Waals surface area contributed by atoms with Crippen LogP contribution in [0.4, 0.5) is 0 Å². The molecule has 1 aromatic heterocycles. The number of ketones is 1. The zero-order valence-electron chi connectivity index (χ0n) is 11.2. The molecule has 1 aromatic rings. The van der Waals surface area contributed by atoms with Crippen LogP contribution in [0.3, 0.4) is 0 Å². The Kier molecular flexibility index (Phi) is 4.47. The lowest BCUT2D eigenvalue weighted by Gasteiger charge is -2.21. The summed E-state index contributed by atoms with van der Waals surface area (Å²) in [7, 11) is 0. The highest BCUT2D eigenvalue weighted by molar-refractivity contribution is 5.82. The highest BCUT2D eigenvalue weighted by atomic mass is 16.1. The molecule has 0 spiro atoms. The number of carbonyl (C=O) groups excluding carboxylic acids is 1. The van der Waals surface area contributed by atoms with Crippen LogP contribution in [0.2, 0.25) is 0 Å². The number of nitrogens with zero attached hydrogens (tertiary/aromatic N) is 3. The summed E-state index contributed by atoms with van der Waals surface area (Å²) in [5.41, 5.74) is 0. The molecule has 0 bridgehead atoms. The molecule has 2 heterocycles. The Morgan fingerprint density at radius 3 is 3.11 bits per heavy atom. The lowest BCUT2D eigenvalue weighted by atomic mass is 9.93. The van der Waals surface area contributed by atoms with E-state index in [1.807, 2.05) is 4.68 Å². The van der Waals surface area contributed by atoms with Crippen LogP contribution in [0.15, 0.2) is 6.33 Å². The number of piperidine rings is 1. The van der Waals surface area contributed by atoms with Crippen molar-refractivity contribution in [2.75, 3.05) is 13.1 Å². The van der Waals surface area contributed by atoms with Crippen LogP contribution in [0.5, 0.6) is 0 Å². The van der Waals surface area contributed by atoms with E-state index in [1.165, 1.54) is 0 Å². The van der Waals surface area contributed by atoms with Crippen LogP contribution in [0, 0.1) is 11.8 Å². The molecule has 1 aliphatic heterocycles. The van der Waals surface area contributed by atoms with E-state index >= 15 is 0 Å². The molecule has 0 aromatic carbocycles.